The maximum Gasteiger partial charge on any atom is 0.342 e. The van der Waals surface area contributed by atoms with Crippen LogP contribution >= 0.6 is 11.7 Å². The molecule has 1 aromatic heterocycles. The molecule has 39 heavy (non-hydrogen) atoms. The summed E-state index contributed by atoms with van der Waals surface area (Å²) >= 11 is 1.06. The van der Waals surface area contributed by atoms with E-state index in [-0.39, 0.29) is 36.7 Å². The lowest BCUT2D eigenvalue weighted by Crippen LogP contribution is -2.44. The van der Waals surface area contributed by atoms with Crippen LogP contribution in [0.1, 0.15) is 36.7 Å². The lowest BCUT2D eigenvalue weighted by molar-refractivity contribution is -0.757. The second-order valence-corrected chi connectivity index (χ2v) is 10.2. The Morgan fingerprint density at radius 3 is 2.64 bits per heavy atom. The minimum Gasteiger partial charge on any atom is -0.496 e. The maximum absolute atomic E-state index is 13.3. The third-order valence-electron chi connectivity index (χ3n) is 5.54. The highest BCUT2D eigenvalue weighted by atomic mass is 32.1. The molecule has 1 atom stereocenters. The van der Waals surface area contributed by atoms with Crippen molar-refractivity contribution in [2.75, 3.05) is 64.7 Å². The standard InChI is InChI=1S/C24H35N5O9S/c1-16-12-17(35-10-11-37-29(31)32)13-19(33-5)20(16)23(30)38-18(14-25-24(2,3)4)15-36-22-21(26-39-27-22)28-6-8-34-9-7-28/h12-13,18,25H,6-11,14-15H2,1-5H3/t18-/m0/s1. The smallest absolute Gasteiger partial charge is 0.342 e. The SMILES string of the molecule is COc1cc(OCCO[N+](=O)[O-])cc(C)c1C(=O)O[C@@H](CNC(C)(C)C)COc1nsnc1N1CCOCC1. The molecule has 216 valence electrons. The first-order valence-corrected chi connectivity index (χ1v) is 13.1. The van der Waals surface area contributed by atoms with Crippen LogP contribution in [0.25, 0.3) is 0 Å². The second kappa shape index (κ2) is 14.1. The molecular formula is C24H35N5O9S. The first-order valence-electron chi connectivity index (χ1n) is 12.4. The van der Waals surface area contributed by atoms with E-state index in [4.69, 9.17) is 23.7 Å². The summed E-state index contributed by atoms with van der Waals surface area (Å²) in [5, 5.41) is 12.8. The number of carbonyl (C=O) groups excluding carboxylic acids is 1. The van der Waals surface area contributed by atoms with E-state index in [0.717, 1.165) is 11.7 Å². The van der Waals surface area contributed by atoms with E-state index < -0.39 is 17.2 Å². The number of benzene rings is 1. The Morgan fingerprint density at radius 2 is 1.97 bits per heavy atom. The van der Waals surface area contributed by atoms with Gasteiger partial charge in [0.2, 0.25) is 5.82 Å². The van der Waals surface area contributed by atoms with Gasteiger partial charge in [-0.2, -0.15) is 4.37 Å². The van der Waals surface area contributed by atoms with Crippen molar-refractivity contribution in [3.63, 3.8) is 0 Å². The summed E-state index contributed by atoms with van der Waals surface area (Å²) in [7, 11) is 1.43. The van der Waals surface area contributed by atoms with Gasteiger partial charge in [-0.25, -0.2) is 4.79 Å². The van der Waals surface area contributed by atoms with Crippen LogP contribution in [0.2, 0.25) is 0 Å². The van der Waals surface area contributed by atoms with E-state index in [1.54, 1.807) is 13.0 Å². The molecule has 3 rings (SSSR count). The predicted molar refractivity (Wildman–Crippen MR) is 142 cm³/mol. The fourth-order valence-corrected chi connectivity index (χ4v) is 4.19. The summed E-state index contributed by atoms with van der Waals surface area (Å²) in [5.41, 5.74) is 0.555. The zero-order chi connectivity index (χ0) is 28.4. The van der Waals surface area contributed by atoms with Gasteiger partial charge >= 0.3 is 5.97 Å². The molecule has 0 aliphatic carbocycles. The molecule has 2 aromatic rings. The van der Waals surface area contributed by atoms with Crippen molar-refractivity contribution >= 4 is 23.5 Å². The highest BCUT2D eigenvalue weighted by Crippen LogP contribution is 2.30. The summed E-state index contributed by atoms with van der Waals surface area (Å²) in [4.78, 5) is 29.9. The average Bonchev–Trinajstić information content (AvgIpc) is 3.36. The quantitative estimate of drug-likeness (QED) is 0.153. The lowest BCUT2D eigenvalue weighted by Gasteiger charge is -2.28. The number of hydrogen-bond acceptors (Lipinski definition) is 14. The molecule has 0 saturated carbocycles. The molecule has 1 aliphatic rings. The van der Waals surface area contributed by atoms with Crippen molar-refractivity contribution < 1.29 is 38.4 Å². The zero-order valence-corrected chi connectivity index (χ0v) is 23.6. The predicted octanol–water partition coefficient (Wildman–Crippen LogP) is 2.27. The number of rotatable bonds is 14. The summed E-state index contributed by atoms with van der Waals surface area (Å²) in [6, 6.07) is 3.14. The molecule has 1 fully saturated rings. The molecule has 0 spiro atoms. The molecule has 14 nitrogen and oxygen atoms in total. The number of aryl methyl sites for hydroxylation is 1. The van der Waals surface area contributed by atoms with Crippen molar-refractivity contribution in [2.45, 2.75) is 39.3 Å². The Morgan fingerprint density at radius 1 is 1.23 bits per heavy atom. The Balaban J connectivity index is 1.71. The van der Waals surface area contributed by atoms with E-state index in [2.05, 4.69) is 23.8 Å². The fraction of sp³-hybridized carbons (Fsp3) is 0.625. The van der Waals surface area contributed by atoms with Crippen LogP contribution in [0, 0.1) is 17.0 Å². The number of ether oxygens (including phenoxy) is 5. The molecule has 0 radical (unpaired) electrons. The lowest BCUT2D eigenvalue weighted by atomic mass is 10.1. The van der Waals surface area contributed by atoms with Crippen molar-refractivity contribution in [1.82, 2.24) is 14.1 Å². The van der Waals surface area contributed by atoms with Crippen LogP contribution in [-0.4, -0.2) is 91.2 Å². The average molecular weight is 570 g/mol. The molecule has 0 bridgehead atoms. The first-order chi connectivity index (χ1) is 18.6. The van der Waals surface area contributed by atoms with Gasteiger partial charge in [0.25, 0.3) is 11.0 Å². The van der Waals surface area contributed by atoms with Crippen molar-refractivity contribution in [3.05, 3.63) is 33.4 Å². The largest absolute Gasteiger partial charge is 0.496 e. The number of esters is 1. The second-order valence-electron chi connectivity index (χ2n) is 9.68. The molecule has 1 N–H and O–H groups in total. The summed E-state index contributed by atoms with van der Waals surface area (Å²) in [6.07, 6.45) is -0.657. The molecular weight excluding hydrogens is 534 g/mol. The van der Waals surface area contributed by atoms with Crippen molar-refractivity contribution in [2.24, 2.45) is 0 Å². The first kappa shape index (κ1) is 30.1. The molecule has 2 heterocycles. The number of nitrogens with one attached hydrogen (secondary N) is 1. The van der Waals surface area contributed by atoms with Gasteiger partial charge in [0.05, 0.1) is 32.1 Å². The number of carbonyl (C=O) groups is 1. The van der Waals surface area contributed by atoms with Crippen LogP contribution in [0.3, 0.4) is 0 Å². The summed E-state index contributed by atoms with van der Waals surface area (Å²) in [5.74, 6) is 1.05. The highest BCUT2D eigenvalue weighted by molar-refractivity contribution is 6.99. The Hall–Kier alpha value is -3.43. The number of aromatic nitrogens is 2. The van der Waals surface area contributed by atoms with Crippen LogP contribution in [0.5, 0.6) is 17.4 Å². The molecule has 1 saturated heterocycles. The van der Waals surface area contributed by atoms with Crippen LogP contribution < -0.4 is 24.4 Å². The van der Waals surface area contributed by atoms with E-state index >= 15 is 0 Å². The van der Waals surface area contributed by atoms with E-state index in [1.165, 1.54) is 13.2 Å². The van der Waals surface area contributed by atoms with Crippen LogP contribution in [0.4, 0.5) is 5.82 Å². The Labute approximate surface area is 230 Å². The number of hydrogen-bond donors (Lipinski definition) is 1. The molecule has 0 amide bonds. The topological polar surface area (TPSA) is 157 Å². The molecule has 15 heteroatoms. The highest BCUT2D eigenvalue weighted by Gasteiger charge is 2.26. The van der Waals surface area contributed by atoms with Gasteiger partial charge in [0.1, 0.15) is 43.0 Å². The minimum absolute atomic E-state index is 0.0522. The third-order valence-corrected chi connectivity index (χ3v) is 6.04. The third kappa shape index (κ3) is 9.37. The summed E-state index contributed by atoms with van der Waals surface area (Å²) in [6.45, 7) is 10.4. The number of anilines is 1. The molecule has 1 aromatic carbocycles. The van der Waals surface area contributed by atoms with Crippen molar-refractivity contribution in [1.29, 1.82) is 0 Å². The van der Waals surface area contributed by atoms with Crippen molar-refractivity contribution in [3.8, 4) is 17.4 Å². The van der Waals surface area contributed by atoms with E-state index in [9.17, 15) is 14.9 Å². The molecule has 0 unspecified atom stereocenters. The van der Waals surface area contributed by atoms with Crippen LogP contribution in [-0.2, 0) is 14.3 Å². The van der Waals surface area contributed by atoms with Gasteiger partial charge in [-0.1, -0.05) is 0 Å². The Kier molecular flexibility index (Phi) is 10.9. The van der Waals surface area contributed by atoms with Gasteiger partial charge in [-0.3, -0.25) is 0 Å². The van der Waals surface area contributed by atoms with Crippen LogP contribution in [0.15, 0.2) is 12.1 Å². The van der Waals surface area contributed by atoms with Gasteiger partial charge in [-0.15, -0.1) is 14.5 Å². The van der Waals surface area contributed by atoms with Gasteiger partial charge in [-0.05, 0) is 39.3 Å². The minimum atomic E-state index is -0.892. The van der Waals surface area contributed by atoms with E-state index in [1.807, 2.05) is 20.8 Å². The van der Waals surface area contributed by atoms with E-state index in [0.29, 0.717) is 55.9 Å². The number of methoxy groups -OCH3 is 1. The maximum atomic E-state index is 13.3. The zero-order valence-electron chi connectivity index (χ0n) is 22.8. The van der Waals surface area contributed by atoms with Gasteiger partial charge in [0.15, 0.2) is 0 Å². The van der Waals surface area contributed by atoms with Gasteiger partial charge < -0.3 is 38.7 Å². The summed E-state index contributed by atoms with van der Waals surface area (Å²) < 4.78 is 36.9. The number of morpholine rings is 1. The fourth-order valence-electron chi connectivity index (χ4n) is 3.67. The Bertz CT molecular complexity index is 1100. The monoisotopic (exact) mass is 569 g/mol. The number of nitrogens with zero attached hydrogens (tertiary/aromatic N) is 4. The molecule has 1 aliphatic heterocycles. The normalized spacial score (nSPS) is 14.4. The van der Waals surface area contributed by atoms with Gasteiger partial charge in [0, 0.05) is 31.2 Å².